The number of ether oxygens (including phenoxy) is 1. The lowest BCUT2D eigenvalue weighted by Crippen LogP contribution is -2.56. The second-order valence-electron chi connectivity index (χ2n) is 5.41. The third-order valence-electron chi connectivity index (χ3n) is 3.77. The van der Waals surface area contributed by atoms with Crippen molar-refractivity contribution >= 4 is 0 Å². The van der Waals surface area contributed by atoms with Crippen LogP contribution in [0.2, 0.25) is 0 Å². The van der Waals surface area contributed by atoms with E-state index in [2.05, 4.69) is 15.4 Å². The Hall–Kier alpha value is -1.91. The van der Waals surface area contributed by atoms with Crippen molar-refractivity contribution in [2.75, 3.05) is 6.61 Å². The van der Waals surface area contributed by atoms with Crippen LogP contribution in [-0.2, 0) is 11.2 Å². The van der Waals surface area contributed by atoms with Crippen LogP contribution in [0.25, 0.3) is 0 Å². The lowest BCUT2D eigenvalue weighted by molar-refractivity contribution is -0.257. The van der Waals surface area contributed by atoms with Crippen LogP contribution < -0.4 is 0 Å². The van der Waals surface area contributed by atoms with Crippen molar-refractivity contribution in [2.45, 2.75) is 37.1 Å². The minimum absolute atomic E-state index is 0.424. The summed E-state index contributed by atoms with van der Waals surface area (Å²) in [6.45, 7) is -0.507. The normalized spacial score (nSPS) is 31.2. The van der Waals surface area contributed by atoms with Crippen molar-refractivity contribution in [3.05, 3.63) is 41.7 Å². The number of aliphatic hydroxyl groups is 4. The number of aromatic nitrogens is 4. The number of hydrogen-bond acceptors (Lipinski definition) is 8. The summed E-state index contributed by atoms with van der Waals surface area (Å²) in [5.74, 6) is 0.424. The van der Waals surface area contributed by atoms with E-state index >= 15 is 0 Å². The van der Waals surface area contributed by atoms with Crippen LogP contribution in [0.5, 0.6) is 0 Å². The Morgan fingerprint density at radius 3 is 2.48 bits per heavy atom. The van der Waals surface area contributed by atoms with E-state index in [0.29, 0.717) is 12.2 Å². The first-order valence-electron chi connectivity index (χ1n) is 7.23. The van der Waals surface area contributed by atoms with Gasteiger partial charge < -0.3 is 25.2 Å². The van der Waals surface area contributed by atoms with Crippen LogP contribution in [0.3, 0.4) is 0 Å². The monoisotopic (exact) mass is 322 g/mol. The molecule has 5 unspecified atom stereocenters. The number of benzene rings is 1. The van der Waals surface area contributed by atoms with Gasteiger partial charge in [-0.2, -0.15) is 0 Å². The molecule has 23 heavy (non-hydrogen) atoms. The topological polar surface area (TPSA) is 134 Å². The molecule has 2 aromatic rings. The van der Waals surface area contributed by atoms with E-state index in [1.54, 1.807) is 0 Å². The standard InChI is InChI=1S/C14H18N4O5/c19-7-9-11(20)12(21)13(22)14(23-9)18-16-10(15-17-18)6-8-4-2-1-3-5-8/h1-5,9,11-14,19-22H,6-7H2. The summed E-state index contributed by atoms with van der Waals surface area (Å²) in [4.78, 5) is 1.04. The number of hydrogen-bond donors (Lipinski definition) is 4. The van der Waals surface area contributed by atoms with Gasteiger partial charge in [-0.3, -0.25) is 0 Å². The number of tetrazole rings is 1. The predicted molar refractivity (Wildman–Crippen MR) is 76.1 cm³/mol. The molecule has 0 amide bonds. The first kappa shape index (κ1) is 16.0. The first-order chi connectivity index (χ1) is 11.1. The zero-order valence-electron chi connectivity index (χ0n) is 12.2. The molecule has 1 aromatic heterocycles. The van der Waals surface area contributed by atoms with Gasteiger partial charge in [0.2, 0.25) is 0 Å². The summed E-state index contributed by atoms with van der Waals surface area (Å²) < 4.78 is 5.37. The van der Waals surface area contributed by atoms with Gasteiger partial charge >= 0.3 is 0 Å². The Balaban J connectivity index is 1.76. The van der Waals surface area contributed by atoms with Crippen LogP contribution in [0.1, 0.15) is 17.6 Å². The third kappa shape index (κ3) is 3.23. The van der Waals surface area contributed by atoms with Crippen molar-refractivity contribution in [1.29, 1.82) is 0 Å². The van der Waals surface area contributed by atoms with Crippen molar-refractivity contribution < 1.29 is 25.2 Å². The van der Waals surface area contributed by atoms with Gasteiger partial charge in [-0.25, -0.2) is 0 Å². The molecule has 4 N–H and O–H groups in total. The van der Waals surface area contributed by atoms with Crippen LogP contribution >= 0.6 is 0 Å². The molecule has 1 fully saturated rings. The van der Waals surface area contributed by atoms with Crippen LogP contribution in [0.15, 0.2) is 30.3 Å². The van der Waals surface area contributed by atoms with E-state index in [1.165, 1.54) is 0 Å². The maximum atomic E-state index is 10.0. The summed E-state index contributed by atoms with van der Waals surface area (Å²) in [7, 11) is 0. The molecule has 1 aliphatic rings. The van der Waals surface area contributed by atoms with E-state index < -0.39 is 37.3 Å². The highest BCUT2D eigenvalue weighted by atomic mass is 16.6. The molecule has 0 aliphatic carbocycles. The molecule has 1 aromatic carbocycles. The minimum atomic E-state index is -1.48. The Kier molecular flexibility index (Phi) is 4.64. The highest BCUT2D eigenvalue weighted by molar-refractivity contribution is 5.18. The first-order valence-corrected chi connectivity index (χ1v) is 7.23. The fourth-order valence-electron chi connectivity index (χ4n) is 2.49. The second-order valence-corrected chi connectivity index (χ2v) is 5.41. The molecule has 1 aliphatic heterocycles. The third-order valence-corrected chi connectivity index (χ3v) is 3.77. The highest BCUT2D eigenvalue weighted by Crippen LogP contribution is 2.27. The Bertz CT molecular complexity index is 635. The van der Waals surface area contributed by atoms with Crippen molar-refractivity contribution in [1.82, 2.24) is 20.2 Å². The van der Waals surface area contributed by atoms with Crippen LogP contribution in [0, 0.1) is 0 Å². The molecule has 0 bridgehead atoms. The second kappa shape index (κ2) is 6.69. The van der Waals surface area contributed by atoms with Crippen LogP contribution in [0.4, 0.5) is 0 Å². The van der Waals surface area contributed by atoms with E-state index in [9.17, 15) is 20.4 Å². The molecule has 0 saturated carbocycles. The van der Waals surface area contributed by atoms with Crippen molar-refractivity contribution in [3.8, 4) is 0 Å². The highest BCUT2D eigenvalue weighted by Gasteiger charge is 2.45. The van der Waals surface area contributed by atoms with E-state index in [-0.39, 0.29) is 0 Å². The number of rotatable bonds is 4. The van der Waals surface area contributed by atoms with Gasteiger partial charge in [0.1, 0.15) is 24.4 Å². The summed E-state index contributed by atoms with van der Waals surface area (Å²) in [6, 6.07) is 9.56. The molecule has 3 rings (SSSR count). The number of nitrogens with zero attached hydrogens (tertiary/aromatic N) is 4. The molecular formula is C14H18N4O5. The quantitative estimate of drug-likeness (QED) is 0.520. The van der Waals surface area contributed by atoms with Gasteiger partial charge in [-0.15, -0.1) is 15.0 Å². The molecule has 0 spiro atoms. The van der Waals surface area contributed by atoms with Gasteiger partial charge in [-0.1, -0.05) is 30.3 Å². The SMILES string of the molecule is OCC1OC(n2nnc(Cc3ccccc3)n2)C(O)C(O)C1O. The average Bonchev–Trinajstić information content (AvgIpc) is 3.02. The minimum Gasteiger partial charge on any atom is -0.394 e. The predicted octanol–water partition coefficient (Wildman–Crippen LogP) is -1.76. The molecule has 1 saturated heterocycles. The van der Waals surface area contributed by atoms with E-state index in [4.69, 9.17) is 4.74 Å². The molecule has 9 heteroatoms. The lowest BCUT2D eigenvalue weighted by atomic mass is 9.99. The van der Waals surface area contributed by atoms with Gasteiger partial charge in [0.25, 0.3) is 0 Å². The fraction of sp³-hybridized carbons (Fsp3) is 0.500. The zero-order chi connectivity index (χ0) is 16.4. The summed E-state index contributed by atoms with van der Waals surface area (Å²) in [6.07, 6.45) is -6.03. The van der Waals surface area contributed by atoms with E-state index in [1.807, 2.05) is 30.3 Å². The van der Waals surface area contributed by atoms with Crippen molar-refractivity contribution in [3.63, 3.8) is 0 Å². The maximum absolute atomic E-state index is 10.0. The van der Waals surface area contributed by atoms with E-state index in [0.717, 1.165) is 10.4 Å². The Morgan fingerprint density at radius 2 is 1.78 bits per heavy atom. The Morgan fingerprint density at radius 1 is 1.04 bits per heavy atom. The molecular weight excluding hydrogens is 304 g/mol. The summed E-state index contributed by atoms with van der Waals surface area (Å²) in [5.41, 5.74) is 1.00. The largest absolute Gasteiger partial charge is 0.394 e. The fourth-order valence-corrected chi connectivity index (χ4v) is 2.49. The smallest absolute Gasteiger partial charge is 0.199 e. The zero-order valence-corrected chi connectivity index (χ0v) is 12.2. The van der Waals surface area contributed by atoms with Gasteiger partial charge in [-0.05, 0) is 10.8 Å². The summed E-state index contributed by atoms with van der Waals surface area (Å²) >= 11 is 0. The maximum Gasteiger partial charge on any atom is 0.199 e. The van der Waals surface area contributed by atoms with Crippen LogP contribution in [-0.4, -0.2) is 71.7 Å². The average molecular weight is 322 g/mol. The molecule has 0 radical (unpaired) electrons. The summed E-state index contributed by atoms with van der Waals surface area (Å²) in [5, 5.41) is 50.6. The van der Waals surface area contributed by atoms with Crippen molar-refractivity contribution in [2.24, 2.45) is 0 Å². The molecule has 5 atom stereocenters. The molecule has 124 valence electrons. The lowest BCUT2D eigenvalue weighted by Gasteiger charge is -2.38. The van der Waals surface area contributed by atoms with Gasteiger partial charge in [0.05, 0.1) is 6.61 Å². The van der Waals surface area contributed by atoms with Gasteiger partial charge in [0, 0.05) is 6.42 Å². The molecule has 9 nitrogen and oxygen atoms in total. The Labute approximate surface area is 131 Å². The van der Waals surface area contributed by atoms with Gasteiger partial charge in [0.15, 0.2) is 12.1 Å². The number of aliphatic hydroxyl groups excluding tert-OH is 4. The molecule has 2 heterocycles.